The molecule has 0 spiro atoms. The number of carbonyl (C=O) groups is 1. The normalized spacial score (nSPS) is 16.4. The maximum Gasteiger partial charge on any atom is 0.259 e. The second-order valence-corrected chi connectivity index (χ2v) is 9.12. The van der Waals surface area contributed by atoms with Crippen molar-refractivity contribution >= 4 is 11.7 Å². The van der Waals surface area contributed by atoms with Gasteiger partial charge in [-0.05, 0) is 56.0 Å². The third-order valence-corrected chi connectivity index (χ3v) is 6.68. The largest absolute Gasteiger partial charge is 0.394 e. The SMILES string of the molecule is C[C@H](CO)n1cnnc1-c1cccc(N2CCc3cc(F)c(-n4cnc(C5CC5)c4)cc3C2=O)n1. The minimum atomic E-state index is -0.373. The number of hydrogen-bond donors (Lipinski definition) is 1. The van der Waals surface area contributed by atoms with E-state index in [9.17, 15) is 14.3 Å². The van der Waals surface area contributed by atoms with Gasteiger partial charge < -0.3 is 14.2 Å². The van der Waals surface area contributed by atoms with Crippen molar-refractivity contribution in [3.63, 3.8) is 0 Å². The van der Waals surface area contributed by atoms with Crippen LogP contribution in [-0.4, -0.2) is 53.5 Å². The van der Waals surface area contributed by atoms with Gasteiger partial charge in [-0.3, -0.25) is 9.69 Å². The maximum absolute atomic E-state index is 15.0. The van der Waals surface area contributed by atoms with Crippen LogP contribution in [0, 0.1) is 5.82 Å². The summed E-state index contributed by atoms with van der Waals surface area (Å²) in [5.74, 6) is 0.841. The van der Waals surface area contributed by atoms with E-state index in [1.165, 1.54) is 6.07 Å². The number of aromatic nitrogens is 6. The van der Waals surface area contributed by atoms with E-state index in [1.807, 2.05) is 19.2 Å². The van der Waals surface area contributed by atoms with Crippen LogP contribution in [0.4, 0.5) is 10.2 Å². The number of pyridine rings is 1. The summed E-state index contributed by atoms with van der Waals surface area (Å²) in [6, 6.07) is 8.22. The molecule has 4 aromatic rings. The molecule has 3 aromatic heterocycles. The minimum Gasteiger partial charge on any atom is -0.394 e. The molecule has 6 rings (SSSR count). The first-order valence-corrected chi connectivity index (χ1v) is 11.7. The molecule has 0 saturated heterocycles. The van der Waals surface area contributed by atoms with Crippen LogP contribution >= 0.6 is 0 Å². The van der Waals surface area contributed by atoms with Gasteiger partial charge in [0.25, 0.3) is 5.91 Å². The summed E-state index contributed by atoms with van der Waals surface area (Å²) in [6.07, 6.45) is 7.74. The predicted molar refractivity (Wildman–Crippen MR) is 126 cm³/mol. The second kappa shape index (κ2) is 8.38. The van der Waals surface area contributed by atoms with Crippen molar-refractivity contribution in [1.29, 1.82) is 0 Å². The number of amides is 1. The van der Waals surface area contributed by atoms with E-state index in [4.69, 9.17) is 0 Å². The van der Waals surface area contributed by atoms with E-state index < -0.39 is 0 Å². The zero-order chi connectivity index (χ0) is 24.1. The van der Waals surface area contributed by atoms with E-state index in [2.05, 4.69) is 20.2 Å². The van der Waals surface area contributed by atoms with Gasteiger partial charge >= 0.3 is 0 Å². The van der Waals surface area contributed by atoms with E-state index in [0.29, 0.717) is 53.0 Å². The van der Waals surface area contributed by atoms with E-state index in [-0.39, 0.29) is 24.4 Å². The Hall–Kier alpha value is -3.92. The molecule has 2 aliphatic rings. The Morgan fingerprint density at radius 2 is 2.09 bits per heavy atom. The van der Waals surface area contributed by atoms with Crippen molar-refractivity contribution in [2.45, 2.75) is 38.1 Å². The van der Waals surface area contributed by atoms with Crippen LogP contribution in [0.1, 0.15) is 53.3 Å². The van der Waals surface area contributed by atoms with E-state index in [0.717, 1.165) is 18.5 Å². The van der Waals surface area contributed by atoms with Gasteiger partial charge in [-0.25, -0.2) is 14.4 Å². The topological polar surface area (TPSA) is 102 Å². The molecule has 1 aromatic carbocycles. The van der Waals surface area contributed by atoms with E-state index >= 15 is 0 Å². The molecule has 178 valence electrons. The molecule has 1 aliphatic heterocycles. The number of aliphatic hydroxyl groups is 1. The lowest BCUT2D eigenvalue weighted by Crippen LogP contribution is -2.38. The molecule has 9 nitrogen and oxygen atoms in total. The van der Waals surface area contributed by atoms with Gasteiger partial charge in [-0.1, -0.05) is 6.07 Å². The average Bonchev–Trinajstić information content (AvgIpc) is 3.39. The molecule has 35 heavy (non-hydrogen) atoms. The molecule has 1 saturated carbocycles. The number of carbonyl (C=O) groups excluding carboxylic acids is 1. The van der Waals surface area contributed by atoms with Crippen LogP contribution in [0.25, 0.3) is 17.2 Å². The summed E-state index contributed by atoms with van der Waals surface area (Å²) in [4.78, 5) is 24.2. The lowest BCUT2D eigenvalue weighted by molar-refractivity contribution is 0.0979. The molecule has 1 N–H and O–H groups in total. The molecular weight excluding hydrogens is 449 g/mol. The smallest absolute Gasteiger partial charge is 0.259 e. The van der Waals surface area contributed by atoms with Crippen molar-refractivity contribution in [2.24, 2.45) is 0 Å². The van der Waals surface area contributed by atoms with Gasteiger partial charge in [0.1, 0.15) is 23.7 Å². The quantitative estimate of drug-likeness (QED) is 0.461. The molecular formula is C25H24FN7O2. The number of rotatable bonds is 6. The molecule has 0 radical (unpaired) electrons. The monoisotopic (exact) mass is 473 g/mol. The molecule has 1 amide bonds. The highest BCUT2D eigenvalue weighted by Gasteiger charge is 2.30. The first-order chi connectivity index (χ1) is 17.0. The lowest BCUT2D eigenvalue weighted by Gasteiger charge is -2.28. The molecule has 0 bridgehead atoms. The fourth-order valence-electron chi connectivity index (χ4n) is 4.50. The highest BCUT2D eigenvalue weighted by atomic mass is 19.1. The van der Waals surface area contributed by atoms with Crippen LogP contribution in [0.5, 0.6) is 0 Å². The summed E-state index contributed by atoms with van der Waals surface area (Å²) in [7, 11) is 0. The number of nitrogens with zero attached hydrogens (tertiary/aromatic N) is 7. The van der Waals surface area contributed by atoms with Gasteiger partial charge in [0.2, 0.25) is 0 Å². The highest BCUT2D eigenvalue weighted by Crippen LogP contribution is 2.39. The Kier molecular flexibility index (Phi) is 5.18. The van der Waals surface area contributed by atoms with Crippen molar-refractivity contribution in [3.05, 3.63) is 71.8 Å². The average molecular weight is 474 g/mol. The van der Waals surface area contributed by atoms with Crippen LogP contribution in [0.3, 0.4) is 0 Å². The summed E-state index contributed by atoms with van der Waals surface area (Å²) in [5.41, 5.74) is 2.96. The molecule has 1 atom stereocenters. The van der Waals surface area contributed by atoms with Crippen molar-refractivity contribution < 1.29 is 14.3 Å². The number of anilines is 1. The Morgan fingerprint density at radius 3 is 2.89 bits per heavy atom. The number of halogens is 1. The van der Waals surface area contributed by atoms with Gasteiger partial charge in [-0.15, -0.1) is 10.2 Å². The number of benzene rings is 1. The third-order valence-electron chi connectivity index (χ3n) is 6.68. The Labute approximate surface area is 200 Å². The highest BCUT2D eigenvalue weighted by molar-refractivity contribution is 6.08. The Morgan fingerprint density at radius 1 is 1.23 bits per heavy atom. The minimum absolute atomic E-state index is 0.0654. The third kappa shape index (κ3) is 3.79. The van der Waals surface area contributed by atoms with Crippen LogP contribution in [-0.2, 0) is 6.42 Å². The Balaban J connectivity index is 1.33. The number of hydrogen-bond acceptors (Lipinski definition) is 6. The first-order valence-electron chi connectivity index (χ1n) is 11.7. The van der Waals surface area contributed by atoms with Crippen LogP contribution in [0.15, 0.2) is 49.2 Å². The molecule has 1 fully saturated rings. The van der Waals surface area contributed by atoms with Crippen LogP contribution in [0.2, 0.25) is 0 Å². The zero-order valence-electron chi connectivity index (χ0n) is 19.2. The lowest BCUT2D eigenvalue weighted by atomic mass is 9.97. The van der Waals surface area contributed by atoms with Gasteiger partial charge in [0, 0.05) is 24.2 Å². The number of fused-ring (bicyclic) bond motifs is 1. The second-order valence-electron chi connectivity index (χ2n) is 9.12. The van der Waals surface area contributed by atoms with Gasteiger partial charge in [0.05, 0.1) is 30.4 Å². The molecule has 0 unspecified atom stereocenters. The summed E-state index contributed by atoms with van der Waals surface area (Å²) < 4.78 is 18.4. The van der Waals surface area contributed by atoms with Gasteiger partial charge in [0.15, 0.2) is 5.82 Å². The van der Waals surface area contributed by atoms with Crippen molar-refractivity contribution in [3.8, 4) is 17.2 Å². The fraction of sp³-hybridized carbons (Fsp3) is 0.320. The van der Waals surface area contributed by atoms with Crippen LogP contribution < -0.4 is 4.90 Å². The van der Waals surface area contributed by atoms with Gasteiger partial charge in [-0.2, -0.15) is 0 Å². The van der Waals surface area contributed by atoms with Crippen molar-refractivity contribution in [1.82, 2.24) is 29.3 Å². The summed E-state index contributed by atoms with van der Waals surface area (Å²) >= 11 is 0. The summed E-state index contributed by atoms with van der Waals surface area (Å²) in [6.45, 7) is 2.17. The zero-order valence-corrected chi connectivity index (χ0v) is 19.2. The maximum atomic E-state index is 15.0. The molecule has 4 heterocycles. The number of imidazole rings is 1. The Bertz CT molecular complexity index is 1420. The predicted octanol–water partition coefficient (Wildman–Crippen LogP) is 3.30. The fourth-order valence-corrected chi connectivity index (χ4v) is 4.50. The number of aliphatic hydroxyl groups excluding tert-OH is 1. The van der Waals surface area contributed by atoms with E-state index in [1.54, 1.807) is 44.9 Å². The molecule has 1 aliphatic carbocycles. The standard InChI is InChI=1S/C25H24FN7O2/c1-15(12-34)33-14-28-30-24(33)20-3-2-4-23(29-20)32-8-7-17-9-19(26)22(10-18(17)25(32)35)31-11-21(27-13-31)16-5-6-16/h2-4,9-11,13-16,34H,5-8,12H2,1H3/t15-/m1/s1. The summed E-state index contributed by atoms with van der Waals surface area (Å²) in [5, 5.41) is 17.6. The molecule has 10 heteroatoms. The van der Waals surface area contributed by atoms with Crippen molar-refractivity contribution in [2.75, 3.05) is 18.1 Å². The first kappa shape index (κ1) is 21.6.